The summed E-state index contributed by atoms with van der Waals surface area (Å²) in [5.41, 5.74) is 0.176. The first-order valence-electron chi connectivity index (χ1n) is 1.69. The van der Waals surface area contributed by atoms with E-state index in [1.807, 2.05) is 0 Å². The zero-order valence-electron chi connectivity index (χ0n) is 5.35. The Morgan fingerprint density at radius 2 is 1.78 bits per heavy atom. The van der Waals surface area contributed by atoms with E-state index in [4.69, 9.17) is 9.77 Å². The third-order valence-electron chi connectivity index (χ3n) is 0.365. The molecule has 0 saturated heterocycles. The fourth-order valence-corrected chi connectivity index (χ4v) is 0. The van der Waals surface area contributed by atoms with Crippen molar-refractivity contribution in [1.82, 2.24) is 0 Å². The van der Waals surface area contributed by atoms with Crippen LogP contribution in [0.25, 0.3) is 0 Å². The van der Waals surface area contributed by atoms with Gasteiger partial charge in [0.05, 0.1) is 0 Å². The molecule has 5 heteroatoms. The summed E-state index contributed by atoms with van der Waals surface area (Å²) < 4.78 is 7.72. The van der Waals surface area contributed by atoms with Crippen molar-refractivity contribution in [1.29, 1.82) is 0 Å². The van der Waals surface area contributed by atoms with Crippen molar-refractivity contribution >= 4 is 17.8 Å². The van der Waals surface area contributed by atoms with Gasteiger partial charge in [-0.1, -0.05) is 6.58 Å². The third kappa shape index (κ3) is 17.7. The molecule has 0 rings (SSSR count). The summed E-state index contributed by atoms with van der Waals surface area (Å²) >= 11 is 3.39. The predicted octanol–water partition coefficient (Wildman–Crippen LogP) is -2.85. The van der Waals surface area contributed by atoms with Gasteiger partial charge >= 0.3 is 35.5 Å². The normalized spacial score (nSPS) is 5.67. The molecule has 0 aliphatic heterocycles. The van der Waals surface area contributed by atoms with Crippen LogP contribution in [-0.2, 0) is 4.79 Å². The van der Waals surface area contributed by atoms with Gasteiger partial charge in [0, 0.05) is 5.57 Å². The number of halogens is 1. The summed E-state index contributed by atoms with van der Waals surface area (Å²) in [6.07, 6.45) is 0. The summed E-state index contributed by atoms with van der Waals surface area (Å²) in [6.45, 7) is 4.60. The molecule has 3 nitrogen and oxygen atoms in total. The van der Waals surface area contributed by atoms with Crippen LogP contribution in [0.2, 0.25) is 0 Å². The molecule has 0 aliphatic rings. The average molecular weight is 161 g/mol. The monoisotopic (exact) mass is 160 g/mol. The molecular weight excluding hydrogens is 154 g/mol. The molecule has 0 spiro atoms. The molecule has 0 aromatic rings. The van der Waals surface area contributed by atoms with Gasteiger partial charge in [-0.05, 0) is 6.92 Å². The molecule has 0 unspecified atom stereocenters. The SMILES string of the molecule is C=C(C)C(=O)O.[Na+].[O-]Cl. The van der Waals surface area contributed by atoms with Crippen molar-refractivity contribution in [2.75, 3.05) is 0 Å². The maximum Gasteiger partial charge on any atom is 1.00 e. The topological polar surface area (TPSA) is 60.4 Å². The maximum atomic E-state index is 9.60. The molecule has 0 atom stereocenters. The van der Waals surface area contributed by atoms with Crippen molar-refractivity contribution in [3.05, 3.63) is 12.2 Å². The summed E-state index contributed by atoms with van der Waals surface area (Å²) in [7, 11) is 0. The standard InChI is InChI=1S/C4H6O2.ClO.Na/c1-3(2)4(5)6;1-2;/h1H2,2H3,(H,5,6);;/q;-1;+1. The van der Waals surface area contributed by atoms with Gasteiger partial charge in [-0.3, -0.25) is 0 Å². The first-order valence-corrected chi connectivity index (χ1v) is 1.99. The summed E-state index contributed by atoms with van der Waals surface area (Å²) in [5.74, 6) is -0.935. The van der Waals surface area contributed by atoms with Gasteiger partial charge in [0.1, 0.15) is 0 Å². The summed E-state index contributed by atoms with van der Waals surface area (Å²) in [5, 5.41) is 7.89. The number of rotatable bonds is 1. The van der Waals surface area contributed by atoms with E-state index in [1.165, 1.54) is 6.92 Å². The second-order valence-electron chi connectivity index (χ2n) is 1.09. The van der Waals surface area contributed by atoms with E-state index in [9.17, 15) is 4.79 Å². The Hall–Kier alpha value is 0.460. The number of carboxylic acids is 1. The van der Waals surface area contributed by atoms with Crippen molar-refractivity contribution in [3.63, 3.8) is 0 Å². The zero-order chi connectivity index (χ0) is 7.15. The molecule has 0 heterocycles. The van der Waals surface area contributed by atoms with Crippen LogP contribution in [0.5, 0.6) is 0 Å². The Bertz CT molecular complexity index is 81.8. The molecule has 0 amide bonds. The molecule has 0 aromatic carbocycles. The van der Waals surface area contributed by atoms with Gasteiger partial charge < -0.3 is 9.77 Å². The van der Waals surface area contributed by atoms with Crippen LogP contribution in [0.15, 0.2) is 12.2 Å². The smallest absolute Gasteiger partial charge is 0.769 e. The van der Waals surface area contributed by atoms with Crippen molar-refractivity contribution < 1.29 is 44.1 Å². The Balaban J connectivity index is -0.000000109. The van der Waals surface area contributed by atoms with E-state index >= 15 is 0 Å². The van der Waals surface area contributed by atoms with E-state index in [2.05, 4.69) is 18.4 Å². The molecule has 0 aliphatic carbocycles. The zero-order valence-corrected chi connectivity index (χ0v) is 8.10. The van der Waals surface area contributed by atoms with Crippen molar-refractivity contribution in [2.24, 2.45) is 0 Å². The Morgan fingerprint density at radius 3 is 1.78 bits per heavy atom. The van der Waals surface area contributed by atoms with Crippen LogP contribution in [0.3, 0.4) is 0 Å². The van der Waals surface area contributed by atoms with Gasteiger partial charge in [0.25, 0.3) is 0 Å². The van der Waals surface area contributed by atoms with Crippen LogP contribution in [0.4, 0.5) is 0 Å². The quantitative estimate of drug-likeness (QED) is 0.332. The molecule has 9 heavy (non-hydrogen) atoms. The van der Waals surface area contributed by atoms with Gasteiger partial charge in [-0.25, -0.2) is 16.7 Å². The fraction of sp³-hybridized carbons (Fsp3) is 0.250. The van der Waals surface area contributed by atoms with Crippen LogP contribution in [-0.4, -0.2) is 11.1 Å². The van der Waals surface area contributed by atoms with Gasteiger partial charge in [0.15, 0.2) is 0 Å². The van der Waals surface area contributed by atoms with Gasteiger partial charge in [0.2, 0.25) is 0 Å². The summed E-state index contributed by atoms with van der Waals surface area (Å²) in [4.78, 5) is 9.60. The van der Waals surface area contributed by atoms with E-state index in [1.54, 1.807) is 0 Å². The second kappa shape index (κ2) is 11.3. The van der Waals surface area contributed by atoms with Gasteiger partial charge in [-0.15, -0.1) is 0 Å². The number of hydrogen-bond acceptors (Lipinski definition) is 2. The van der Waals surface area contributed by atoms with E-state index in [0.29, 0.717) is 0 Å². The Morgan fingerprint density at radius 1 is 1.67 bits per heavy atom. The molecule has 0 radical (unpaired) electrons. The molecule has 48 valence electrons. The minimum atomic E-state index is -0.935. The second-order valence-corrected chi connectivity index (χ2v) is 1.09. The molecule has 1 N–H and O–H groups in total. The number of carboxylic acid groups (broad SMARTS) is 1. The van der Waals surface area contributed by atoms with Crippen LogP contribution >= 0.6 is 11.9 Å². The average Bonchev–Trinajstić information content (AvgIpc) is 1.72. The van der Waals surface area contributed by atoms with Gasteiger partial charge in [-0.2, -0.15) is 0 Å². The molecule has 0 fully saturated rings. The van der Waals surface area contributed by atoms with E-state index in [-0.39, 0.29) is 35.1 Å². The van der Waals surface area contributed by atoms with Crippen LogP contribution in [0, 0.1) is 0 Å². The molecule has 0 saturated carbocycles. The van der Waals surface area contributed by atoms with Crippen molar-refractivity contribution in [3.8, 4) is 0 Å². The van der Waals surface area contributed by atoms with Crippen LogP contribution < -0.4 is 34.2 Å². The number of hydrogen-bond donors (Lipinski definition) is 1. The largest absolute Gasteiger partial charge is 1.00 e. The van der Waals surface area contributed by atoms with E-state index in [0.717, 1.165) is 0 Å². The minimum Gasteiger partial charge on any atom is -0.769 e. The molecular formula is C4H6ClNaO3. The minimum absolute atomic E-state index is 0. The van der Waals surface area contributed by atoms with Crippen LogP contribution in [0.1, 0.15) is 6.92 Å². The predicted molar refractivity (Wildman–Crippen MR) is 28.3 cm³/mol. The first-order chi connectivity index (χ1) is 3.64. The first kappa shape index (κ1) is 16.2. The summed E-state index contributed by atoms with van der Waals surface area (Å²) in [6, 6.07) is 0. The third-order valence-corrected chi connectivity index (χ3v) is 0.365. The van der Waals surface area contributed by atoms with Crippen molar-refractivity contribution in [2.45, 2.75) is 6.92 Å². The Kier molecular flexibility index (Phi) is 20.3. The molecule has 0 bridgehead atoms. The Labute approximate surface area is 80.8 Å². The number of aliphatic carboxylic acids is 1. The number of carbonyl (C=O) groups is 1. The maximum absolute atomic E-state index is 9.60. The molecule has 0 aromatic heterocycles. The fourth-order valence-electron chi connectivity index (χ4n) is 0. The van der Waals surface area contributed by atoms with E-state index < -0.39 is 5.97 Å².